The third-order valence-corrected chi connectivity index (χ3v) is 4.41. The van der Waals surface area contributed by atoms with Crippen LogP contribution in [0.15, 0.2) is 0 Å². The molecule has 1 aliphatic heterocycles. The molecule has 0 aromatic carbocycles. The molecule has 1 saturated carbocycles. The molecule has 2 rings (SSSR count). The summed E-state index contributed by atoms with van der Waals surface area (Å²) in [4.78, 5) is 0. The summed E-state index contributed by atoms with van der Waals surface area (Å²) in [5.41, 5.74) is 0. The highest BCUT2D eigenvalue weighted by atomic mass is 32.2. The monoisotopic (exact) mass is 185 g/mol. The van der Waals surface area contributed by atoms with Crippen molar-refractivity contribution < 1.29 is 0 Å². The Morgan fingerprint density at radius 3 is 2.58 bits per heavy atom. The average molecular weight is 185 g/mol. The van der Waals surface area contributed by atoms with Gasteiger partial charge in [0.15, 0.2) is 0 Å². The Kier molecular flexibility index (Phi) is 3.35. The van der Waals surface area contributed by atoms with Crippen LogP contribution in [0.5, 0.6) is 0 Å². The second-order valence-corrected chi connectivity index (χ2v) is 5.43. The van der Waals surface area contributed by atoms with E-state index in [0.29, 0.717) is 0 Å². The zero-order valence-electron chi connectivity index (χ0n) is 7.72. The van der Waals surface area contributed by atoms with E-state index in [0.717, 1.165) is 11.3 Å². The van der Waals surface area contributed by atoms with Gasteiger partial charge in [0.05, 0.1) is 0 Å². The van der Waals surface area contributed by atoms with Gasteiger partial charge >= 0.3 is 0 Å². The lowest BCUT2D eigenvalue weighted by Crippen LogP contribution is -2.31. The van der Waals surface area contributed by atoms with Crippen LogP contribution in [0.4, 0.5) is 0 Å². The second kappa shape index (κ2) is 4.52. The van der Waals surface area contributed by atoms with Crippen molar-refractivity contribution in [2.24, 2.45) is 0 Å². The second-order valence-electron chi connectivity index (χ2n) is 4.02. The molecule has 2 heteroatoms. The third-order valence-electron chi connectivity index (χ3n) is 3.01. The van der Waals surface area contributed by atoms with Crippen molar-refractivity contribution in [2.45, 2.75) is 49.8 Å². The van der Waals surface area contributed by atoms with Crippen LogP contribution in [0.25, 0.3) is 0 Å². The molecule has 1 heterocycles. The Balaban J connectivity index is 1.60. The third kappa shape index (κ3) is 2.40. The Labute approximate surface area is 79.7 Å². The molecule has 1 aliphatic carbocycles. The normalized spacial score (nSPS) is 31.5. The summed E-state index contributed by atoms with van der Waals surface area (Å²) in [5.74, 6) is 1.40. The van der Waals surface area contributed by atoms with E-state index in [1.807, 2.05) is 0 Å². The van der Waals surface area contributed by atoms with Crippen molar-refractivity contribution in [3.8, 4) is 0 Å². The Hall–Kier alpha value is 0.310. The van der Waals surface area contributed by atoms with Crippen LogP contribution in [0.1, 0.15) is 38.5 Å². The smallest absolute Gasteiger partial charge is 0.0172 e. The summed E-state index contributed by atoms with van der Waals surface area (Å²) < 4.78 is 0. The van der Waals surface area contributed by atoms with Crippen molar-refractivity contribution in [3.05, 3.63) is 0 Å². The van der Waals surface area contributed by atoms with Gasteiger partial charge in [0.25, 0.3) is 0 Å². The fraction of sp³-hybridized carbons (Fsp3) is 1.00. The van der Waals surface area contributed by atoms with Gasteiger partial charge in [-0.05, 0) is 31.4 Å². The molecule has 1 unspecified atom stereocenters. The minimum atomic E-state index is 0.867. The van der Waals surface area contributed by atoms with Gasteiger partial charge in [0.1, 0.15) is 0 Å². The van der Waals surface area contributed by atoms with Gasteiger partial charge in [-0.25, -0.2) is 0 Å². The quantitative estimate of drug-likeness (QED) is 0.724. The van der Waals surface area contributed by atoms with E-state index in [-0.39, 0.29) is 0 Å². The number of thioether (sulfide) groups is 1. The molecule has 1 nitrogen and oxygen atoms in total. The molecular formula is C10H19NS. The van der Waals surface area contributed by atoms with Crippen LogP contribution >= 0.6 is 11.8 Å². The molecule has 0 bridgehead atoms. The van der Waals surface area contributed by atoms with Gasteiger partial charge in [-0.3, -0.25) is 0 Å². The maximum atomic E-state index is 3.70. The van der Waals surface area contributed by atoms with Gasteiger partial charge in [0, 0.05) is 17.8 Å². The zero-order valence-corrected chi connectivity index (χ0v) is 8.54. The van der Waals surface area contributed by atoms with Crippen molar-refractivity contribution in [3.63, 3.8) is 0 Å². The van der Waals surface area contributed by atoms with E-state index >= 15 is 0 Å². The fourth-order valence-electron chi connectivity index (χ4n) is 2.23. The highest BCUT2D eigenvalue weighted by Gasteiger charge is 2.19. The molecular weight excluding hydrogens is 166 g/mol. The van der Waals surface area contributed by atoms with E-state index in [1.54, 1.807) is 0 Å². The largest absolute Gasteiger partial charge is 0.313 e. The minimum absolute atomic E-state index is 0.867. The van der Waals surface area contributed by atoms with Crippen molar-refractivity contribution in [2.75, 3.05) is 12.3 Å². The lowest BCUT2D eigenvalue weighted by Gasteiger charge is -2.14. The lowest BCUT2D eigenvalue weighted by molar-refractivity contribution is 0.517. The van der Waals surface area contributed by atoms with Crippen LogP contribution in [0, 0.1) is 0 Å². The first-order chi connectivity index (χ1) is 5.95. The highest BCUT2D eigenvalue weighted by Crippen LogP contribution is 2.26. The maximum absolute atomic E-state index is 3.70. The topological polar surface area (TPSA) is 12.0 Å². The van der Waals surface area contributed by atoms with Crippen LogP contribution < -0.4 is 5.32 Å². The van der Waals surface area contributed by atoms with Crippen LogP contribution in [-0.4, -0.2) is 23.6 Å². The lowest BCUT2D eigenvalue weighted by atomic mass is 10.2. The molecule has 0 aromatic heterocycles. The fourth-order valence-corrected chi connectivity index (χ4v) is 3.45. The molecule has 0 spiro atoms. The predicted molar refractivity (Wildman–Crippen MR) is 55.7 cm³/mol. The van der Waals surface area contributed by atoms with Gasteiger partial charge < -0.3 is 5.32 Å². The first-order valence-electron chi connectivity index (χ1n) is 5.30. The Bertz CT molecular complexity index is 110. The van der Waals surface area contributed by atoms with Crippen LogP contribution in [-0.2, 0) is 0 Å². The zero-order chi connectivity index (χ0) is 8.23. The summed E-state index contributed by atoms with van der Waals surface area (Å²) in [6.07, 6.45) is 8.66. The van der Waals surface area contributed by atoms with Gasteiger partial charge in [0.2, 0.25) is 0 Å². The summed E-state index contributed by atoms with van der Waals surface area (Å²) in [6.45, 7) is 1.27. The van der Waals surface area contributed by atoms with Gasteiger partial charge in [-0.1, -0.05) is 12.8 Å². The molecule has 1 atom stereocenters. The highest BCUT2D eigenvalue weighted by molar-refractivity contribution is 8.00. The first kappa shape index (κ1) is 8.89. The van der Waals surface area contributed by atoms with E-state index in [2.05, 4.69) is 17.1 Å². The van der Waals surface area contributed by atoms with E-state index in [1.165, 1.54) is 50.8 Å². The number of hydrogen-bond acceptors (Lipinski definition) is 2. The van der Waals surface area contributed by atoms with Crippen LogP contribution in [0.2, 0.25) is 0 Å². The van der Waals surface area contributed by atoms with E-state index in [9.17, 15) is 0 Å². The van der Waals surface area contributed by atoms with Crippen molar-refractivity contribution in [1.82, 2.24) is 5.32 Å². The van der Waals surface area contributed by atoms with E-state index in [4.69, 9.17) is 0 Å². The molecule has 1 N–H and O–H groups in total. The molecule has 0 amide bonds. The first-order valence-corrected chi connectivity index (χ1v) is 6.35. The van der Waals surface area contributed by atoms with Crippen LogP contribution in [0.3, 0.4) is 0 Å². The Morgan fingerprint density at radius 1 is 1.08 bits per heavy atom. The minimum Gasteiger partial charge on any atom is -0.313 e. The summed E-state index contributed by atoms with van der Waals surface area (Å²) in [6, 6.07) is 0.867. The summed E-state index contributed by atoms with van der Waals surface area (Å²) in [5, 5.41) is 4.64. The molecule has 2 aliphatic rings. The predicted octanol–water partition coefficient (Wildman–Crippen LogP) is 2.41. The molecule has 0 radical (unpaired) electrons. The standard InChI is InChI=1S/C10H19NS/c1-2-5-9(4-1)11-8-10-6-3-7-12-10/h9-11H,1-8H2. The van der Waals surface area contributed by atoms with Crippen molar-refractivity contribution >= 4 is 11.8 Å². The SMILES string of the molecule is C1CCC(NCC2CCCS2)C1. The van der Waals surface area contributed by atoms with Gasteiger partial charge in [-0.15, -0.1) is 0 Å². The Morgan fingerprint density at radius 2 is 1.92 bits per heavy atom. The molecule has 0 aromatic rings. The van der Waals surface area contributed by atoms with Crippen molar-refractivity contribution in [1.29, 1.82) is 0 Å². The van der Waals surface area contributed by atoms with E-state index < -0.39 is 0 Å². The van der Waals surface area contributed by atoms with Gasteiger partial charge in [-0.2, -0.15) is 11.8 Å². The number of nitrogens with one attached hydrogen (secondary N) is 1. The molecule has 12 heavy (non-hydrogen) atoms. The molecule has 70 valence electrons. The number of hydrogen-bond donors (Lipinski definition) is 1. The molecule has 2 fully saturated rings. The summed E-state index contributed by atoms with van der Waals surface area (Å²) in [7, 11) is 0. The maximum Gasteiger partial charge on any atom is 0.0172 e. The average Bonchev–Trinajstić information content (AvgIpc) is 2.74. The summed E-state index contributed by atoms with van der Waals surface area (Å²) >= 11 is 2.16. The molecule has 1 saturated heterocycles. The number of rotatable bonds is 3.